The number of aromatic nitrogens is 2. The molecular formula is C31H31N3. The second kappa shape index (κ2) is 7.64. The highest BCUT2D eigenvalue weighted by atomic mass is 15.0. The average molecular weight is 446 g/mol. The predicted molar refractivity (Wildman–Crippen MR) is 142 cm³/mol. The van der Waals surface area contributed by atoms with E-state index in [1.807, 2.05) is 12.1 Å². The number of nitriles is 1. The van der Waals surface area contributed by atoms with E-state index in [4.69, 9.17) is 0 Å². The van der Waals surface area contributed by atoms with Gasteiger partial charge in [-0.3, -0.25) is 0 Å². The van der Waals surface area contributed by atoms with E-state index in [9.17, 15) is 5.26 Å². The Hall–Kier alpha value is -3.77. The Kier molecular flexibility index (Phi) is 4.95. The van der Waals surface area contributed by atoms with E-state index in [0.717, 1.165) is 22.4 Å². The van der Waals surface area contributed by atoms with Gasteiger partial charge in [0.2, 0.25) is 0 Å². The van der Waals surface area contributed by atoms with Crippen molar-refractivity contribution in [2.24, 2.45) is 0 Å². The second-order valence-electron chi connectivity index (χ2n) is 11.2. The van der Waals surface area contributed by atoms with Crippen molar-refractivity contribution in [2.75, 3.05) is 0 Å². The fourth-order valence-corrected chi connectivity index (χ4v) is 4.92. The SMILES string of the molecule is CC(C)(C)c1cn(-c2cc(C#N)cc(-n3cc(C(C)(C)C)c4ccccc43)c2)c2ccccc12. The van der Waals surface area contributed by atoms with Crippen LogP contribution in [0.5, 0.6) is 0 Å². The highest BCUT2D eigenvalue weighted by molar-refractivity contribution is 5.88. The summed E-state index contributed by atoms with van der Waals surface area (Å²) in [5.41, 5.74) is 7.58. The van der Waals surface area contributed by atoms with E-state index in [-0.39, 0.29) is 10.8 Å². The normalized spacial score (nSPS) is 12.4. The van der Waals surface area contributed by atoms with Gasteiger partial charge in [0.25, 0.3) is 0 Å². The molecule has 0 spiro atoms. The second-order valence-corrected chi connectivity index (χ2v) is 11.2. The molecule has 0 aliphatic carbocycles. The molecule has 34 heavy (non-hydrogen) atoms. The maximum Gasteiger partial charge on any atom is 0.0993 e. The van der Waals surface area contributed by atoms with E-state index >= 15 is 0 Å². The van der Waals surface area contributed by atoms with Crippen LogP contribution < -0.4 is 0 Å². The number of para-hydroxylation sites is 2. The molecule has 0 N–H and O–H groups in total. The van der Waals surface area contributed by atoms with Gasteiger partial charge in [-0.2, -0.15) is 5.26 Å². The quantitative estimate of drug-likeness (QED) is 0.271. The molecule has 0 saturated heterocycles. The fourth-order valence-electron chi connectivity index (χ4n) is 4.92. The largest absolute Gasteiger partial charge is 0.316 e. The van der Waals surface area contributed by atoms with Gasteiger partial charge in [0.15, 0.2) is 0 Å². The number of nitrogens with zero attached hydrogens (tertiary/aromatic N) is 3. The Morgan fingerprint density at radius 1 is 0.618 bits per heavy atom. The number of fused-ring (bicyclic) bond motifs is 2. The van der Waals surface area contributed by atoms with Gasteiger partial charge in [-0.25, -0.2) is 0 Å². The van der Waals surface area contributed by atoms with Crippen LogP contribution in [0.25, 0.3) is 33.2 Å². The topological polar surface area (TPSA) is 33.6 Å². The highest BCUT2D eigenvalue weighted by Crippen LogP contribution is 2.36. The zero-order valence-corrected chi connectivity index (χ0v) is 20.8. The van der Waals surface area contributed by atoms with Crippen LogP contribution >= 0.6 is 0 Å². The lowest BCUT2D eigenvalue weighted by atomic mass is 9.87. The van der Waals surface area contributed by atoms with Crippen molar-refractivity contribution >= 4 is 21.8 Å². The molecule has 3 heteroatoms. The number of hydrogen-bond acceptors (Lipinski definition) is 1. The summed E-state index contributed by atoms with van der Waals surface area (Å²) in [5.74, 6) is 0. The molecule has 3 nitrogen and oxygen atoms in total. The zero-order chi connectivity index (χ0) is 24.3. The maximum absolute atomic E-state index is 9.91. The summed E-state index contributed by atoms with van der Waals surface area (Å²) in [6, 6.07) is 25.6. The molecule has 5 rings (SSSR count). The lowest BCUT2D eigenvalue weighted by molar-refractivity contribution is 0.594. The molecule has 0 fully saturated rings. The van der Waals surface area contributed by atoms with E-state index in [1.54, 1.807) is 0 Å². The molecule has 170 valence electrons. The molecule has 0 amide bonds. The standard InChI is InChI=1S/C31H31N3/c1-30(2,3)26-19-33(28-13-9-7-11-24(26)28)22-15-21(18-32)16-23(17-22)34-20-27(31(4,5)6)25-12-8-10-14-29(25)34/h7-17,19-20H,1-6H3. The van der Waals surface area contributed by atoms with E-state index < -0.39 is 0 Å². The average Bonchev–Trinajstić information content (AvgIpc) is 3.38. The van der Waals surface area contributed by atoms with Gasteiger partial charge in [-0.05, 0) is 52.3 Å². The molecule has 5 aromatic rings. The molecule has 2 heterocycles. The van der Waals surface area contributed by atoms with E-state index in [1.165, 1.54) is 21.9 Å². The summed E-state index contributed by atoms with van der Waals surface area (Å²) in [7, 11) is 0. The van der Waals surface area contributed by atoms with Crippen LogP contribution in [-0.4, -0.2) is 9.13 Å². The first-order chi connectivity index (χ1) is 16.1. The van der Waals surface area contributed by atoms with Gasteiger partial charge in [-0.15, -0.1) is 0 Å². The Morgan fingerprint density at radius 3 is 1.41 bits per heavy atom. The van der Waals surface area contributed by atoms with Gasteiger partial charge in [-0.1, -0.05) is 77.9 Å². The Balaban J connectivity index is 1.79. The zero-order valence-electron chi connectivity index (χ0n) is 20.8. The molecule has 0 atom stereocenters. The first-order valence-corrected chi connectivity index (χ1v) is 11.8. The minimum atomic E-state index is 0.0127. The molecular weight excluding hydrogens is 414 g/mol. The monoisotopic (exact) mass is 445 g/mol. The summed E-state index contributed by atoms with van der Waals surface area (Å²) in [4.78, 5) is 0. The molecule has 0 saturated carbocycles. The van der Waals surface area contributed by atoms with Gasteiger partial charge in [0, 0.05) is 34.5 Å². The van der Waals surface area contributed by atoms with Crippen molar-refractivity contribution in [1.29, 1.82) is 5.26 Å². The Labute approximate surface area is 201 Å². The molecule has 3 aromatic carbocycles. The van der Waals surface area contributed by atoms with Gasteiger partial charge >= 0.3 is 0 Å². The summed E-state index contributed by atoms with van der Waals surface area (Å²) in [6.45, 7) is 13.5. The van der Waals surface area contributed by atoms with Gasteiger partial charge < -0.3 is 9.13 Å². The minimum Gasteiger partial charge on any atom is -0.316 e. The van der Waals surface area contributed by atoms with Crippen LogP contribution in [0.2, 0.25) is 0 Å². The van der Waals surface area contributed by atoms with E-state index in [2.05, 4.69) is 124 Å². The summed E-state index contributed by atoms with van der Waals surface area (Å²) in [5, 5.41) is 12.4. The predicted octanol–water partition coefficient (Wildman–Crippen LogP) is 8.04. The van der Waals surface area contributed by atoms with Gasteiger partial charge in [0.05, 0.1) is 22.7 Å². The maximum atomic E-state index is 9.91. The molecule has 0 radical (unpaired) electrons. The molecule has 0 aliphatic rings. The molecule has 2 aromatic heterocycles. The van der Waals surface area contributed by atoms with Crippen molar-refractivity contribution in [3.8, 4) is 17.4 Å². The number of rotatable bonds is 2. The van der Waals surface area contributed by atoms with Crippen molar-refractivity contribution < 1.29 is 0 Å². The summed E-state index contributed by atoms with van der Waals surface area (Å²) in [6.07, 6.45) is 4.47. The van der Waals surface area contributed by atoms with Crippen LogP contribution in [0.4, 0.5) is 0 Å². The van der Waals surface area contributed by atoms with Crippen molar-refractivity contribution in [3.63, 3.8) is 0 Å². The van der Waals surface area contributed by atoms with Crippen LogP contribution in [0.3, 0.4) is 0 Å². The smallest absolute Gasteiger partial charge is 0.0993 e. The molecule has 0 unspecified atom stereocenters. The number of benzene rings is 3. The third kappa shape index (κ3) is 3.60. The lowest BCUT2D eigenvalue weighted by Gasteiger charge is -2.17. The van der Waals surface area contributed by atoms with Crippen LogP contribution in [0.15, 0.2) is 79.1 Å². The third-order valence-corrected chi connectivity index (χ3v) is 6.63. The first-order valence-electron chi connectivity index (χ1n) is 11.8. The first kappa shape index (κ1) is 22.0. The van der Waals surface area contributed by atoms with Crippen molar-refractivity contribution in [1.82, 2.24) is 9.13 Å². The van der Waals surface area contributed by atoms with Crippen LogP contribution in [0.1, 0.15) is 58.2 Å². The highest BCUT2D eigenvalue weighted by Gasteiger charge is 2.23. The van der Waals surface area contributed by atoms with E-state index in [0.29, 0.717) is 5.56 Å². The lowest BCUT2D eigenvalue weighted by Crippen LogP contribution is -2.10. The number of hydrogen-bond donors (Lipinski definition) is 0. The van der Waals surface area contributed by atoms with Crippen molar-refractivity contribution in [3.05, 3.63) is 95.8 Å². The third-order valence-electron chi connectivity index (χ3n) is 6.63. The summed E-state index contributed by atoms with van der Waals surface area (Å²) < 4.78 is 4.47. The van der Waals surface area contributed by atoms with Crippen molar-refractivity contribution in [2.45, 2.75) is 52.4 Å². The fraction of sp³-hybridized carbons (Fsp3) is 0.258. The van der Waals surface area contributed by atoms with Crippen LogP contribution in [0, 0.1) is 11.3 Å². The minimum absolute atomic E-state index is 0.0127. The molecule has 0 aliphatic heterocycles. The molecule has 0 bridgehead atoms. The van der Waals surface area contributed by atoms with Gasteiger partial charge in [0.1, 0.15) is 0 Å². The Bertz CT molecular complexity index is 1460. The summed E-state index contributed by atoms with van der Waals surface area (Å²) >= 11 is 0. The van der Waals surface area contributed by atoms with Crippen LogP contribution in [-0.2, 0) is 10.8 Å². The Morgan fingerprint density at radius 2 is 1.03 bits per heavy atom.